The van der Waals surface area contributed by atoms with Gasteiger partial charge in [0, 0.05) is 5.69 Å². The molecule has 0 saturated heterocycles. The van der Waals surface area contributed by atoms with Gasteiger partial charge in [-0.1, -0.05) is 6.92 Å². The van der Waals surface area contributed by atoms with Crippen molar-refractivity contribution in [2.24, 2.45) is 5.73 Å². The molecule has 0 aliphatic carbocycles. The number of ether oxygens (including phenoxy) is 1. The van der Waals surface area contributed by atoms with Gasteiger partial charge in [-0.15, -0.1) is 0 Å². The fraction of sp³-hybridized carbons (Fsp3) is 0.545. The van der Waals surface area contributed by atoms with Crippen LogP contribution < -0.4 is 5.73 Å². The van der Waals surface area contributed by atoms with E-state index in [-0.39, 0.29) is 6.61 Å². The SMILES string of the molecule is CCOC(=O)[C@@](N)(c1ccc(CC)[nH]1)C(F)(F)F. The number of carbonyl (C=O) groups excluding carboxylic acids is 1. The number of esters is 1. The number of alkyl halides is 3. The number of nitrogens with two attached hydrogens (primary N) is 1. The minimum Gasteiger partial charge on any atom is -0.464 e. The van der Waals surface area contributed by atoms with Crippen molar-refractivity contribution < 1.29 is 22.7 Å². The first-order chi connectivity index (χ1) is 8.27. The lowest BCUT2D eigenvalue weighted by molar-refractivity contribution is -0.209. The number of hydrogen-bond acceptors (Lipinski definition) is 3. The molecule has 1 atom stereocenters. The van der Waals surface area contributed by atoms with Gasteiger partial charge in [0.05, 0.1) is 12.3 Å². The van der Waals surface area contributed by atoms with Crippen molar-refractivity contribution in [3.8, 4) is 0 Å². The van der Waals surface area contributed by atoms with E-state index >= 15 is 0 Å². The van der Waals surface area contributed by atoms with Crippen molar-refractivity contribution in [1.82, 2.24) is 4.98 Å². The summed E-state index contributed by atoms with van der Waals surface area (Å²) in [7, 11) is 0. The lowest BCUT2D eigenvalue weighted by Crippen LogP contribution is -2.57. The predicted octanol–water partition coefficient (Wildman–Crippen LogP) is 1.86. The number of rotatable bonds is 4. The summed E-state index contributed by atoms with van der Waals surface area (Å²) in [5.41, 5.74) is 2.26. The van der Waals surface area contributed by atoms with Gasteiger partial charge in [0.2, 0.25) is 0 Å². The fourth-order valence-corrected chi connectivity index (χ4v) is 1.50. The van der Waals surface area contributed by atoms with Crippen LogP contribution in [0.5, 0.6) is 0 Å². The molecule has 0 fully saturated rings. The summed E-state index contributed by atoms with van der Waals surface area (Å²) in [6.45, 7) is 3.02. The average molecular weight is 264 g/mol. The van der Waals surface area contributed by atoms with Crippen LogP contribution in [0.25, 0.3) is 0 Å². The Morgan fingerprint density at radius 1 is 1.39 bits per heavy atom. The van der Waals surface area contributed by atoms with E-state index < -0.39 is 23.4 Å². The Morgan fingerprint density at radius 3 is 2.39 bits per heavy atom. The third kappa shape index (κ3) is 2.35. The smallest absolute Gasteiger partial charge is 0.422 e. The number of carbonyl (C=O) groups is 1. The van der Waals surface area contributed by atoms with E-state index in [1.165, 1.54) is 13.0 Å². The summed E-state index contributed by atoms with van der Waals surface area (Å²) >= 11 is 0. The quantitative estimate of drug-likeness (QED) is 0.815. The molecule has 0 aliphatic heterocycles. The highest BCUT2D eigenvalue weighted by molar-refractivity contribution is 5.83. The molecule has 0 spiro atoms. The van der Waals surface area contributed by atoms with Gasteiger partial charge in [-0.2, -0.15) is 13.2 Å². The zero-order valence-electron chi connectivity index (χ0n) is 10.1. The first-order valence-corrected chi connectivity index (χ1v) is 5.48. The van der Waals surface area contributed by atoms with Crippen LogP contribution in [0.15, 0.2) is 12.1 Å². The van der Waals surface area contributed by atoms with Crippen LogP contribution in [0, 0.1) is 0 Å². The van der Waals surface area contributed by atoms with Crippen LogP contribution in [0.4, 0.5) is 13.2 Å². The van der Waals surface area contributed by atoms with Crippen LogP contribution >= 0.6 is 0 Å². The summed E-state index contributed by atoms with van der Waals surface area (Å²) in [5.74, 6) is -1.51. The minimum absolute atomic E-state index is 0.171. The molecule has 4 nitrogen and oxygen atoms in total. The van der Waals surface area contributed by atoms with Crippen molar-refractivity contribution in [3.05, 3.63) is 23.5 Å². The molecule has 3 N–H and O–H groups in total. The number of halogens is 3. The van der Waals surface area contributed by atoms with Crippen LogP contribution in [0.3, 0.4) is 0 Å². The molecule has 18 heavy (non-hydrogen) atoms. The lowest BCUT2D eigenvalue weighted by Gasteiger charge is -2.28. The maximum absolute atomic E-state index is 13.0. The Hall–Kier alpha value is -1.50. The second-order valence-electron chi connectivity index (χ2n) is 3.78. The lowest BCUT2D eigenvalue weighted by atomic mass is 9.96. The van der Waals surface area contributed by atoms with Gasteiger partial charge in [-0.05, 0) is 25.5 Å². The van der Waals surface area contributed by atoms with E-state index in [1.807, 2.05) is 0 Å². The first-order valence-electron chi connectivity index (χ1n) is 5.48. The van der Waals surface area contributed by atoms with E-state index in [4.69, 9.17) is 5.73 Å². The Morgan fingerprint density at radius 2 is 2.00 bits per heavy atom. The Balaban J connectivity index is 3.24. The molecule has 0 unspecified atom stereocenters. The molecular weight excluding hydrogens is 249 g/mol. The minimum atomic E-state index is -4.94. The van der Waals surface area contributed by atoms with Crippen molar-refractivity contribution in [2.75, 3.05) is 6.61 Å². The molecule has 0 bridgehead atoms. The first kappa shape index (κ1) is 14.6. The second kappa shape index (κ2) is 5.01. The maximum Gasteiger partial charge on any atom is 0.422 e. The fourth-order valence-electron chi connectivity index (χ4n) is 1.50. The molecule has 1 heterocycles. The predicted molar refractivity (Wildman–Crippen MR) is 58.7 cm³/mol. The Kier molecular flexibility index (Phi) is 4.05. The van der Waals surface area contributed by atoms with Crippen LogP contribution in [-0.4, -0.2) is 23.7 Å². The van der Waals surface area contributed by atoms with Gasteiger partial charge in [-0.25, -0.2) is 4.79 Å². The molecule has 0 radical (unpaired) electrons. The topological polar surface area (TPSA) is 68.1 Å². The van der Waals surface area contributed by atoms with E-state index in [0.29, 0.717) is 12.1 Å². The Bertz CT molecular complexity index is 428. The Labute approximate surface area is 102 Å². The molecule has 7 heteroatoms. The summed E-state index contributed by atoms with van der Waals surface area (Å²) in [6, 6.07) is 2.62. The zero-order valence-corrected chi connectivity index (χ0v) is 10.1. The van der Waals surface area contributed by atoms with Crippen molar-refractivity contribution in [2.45, 2.75) is 32.0 Å². The van der Waals surface area contributed by atoms with Crippen LogP contribution in [0.2, 0.25) is 0 Å². The number of aromatic nitrogens is 1. The molecule has 0 aromatic carbocycles. The maximum atomic E-state index is 13.0. The van der Waals surface area contributed by atoms with Crippen molar-refractivity contribution in [3.63, 3.8) is 0 Å². The third-order valence-corrected chi connectivity index (χ3v) is 2.60. The van der Waals surface area contributed by atoms with E-state index in [1.54, 1.807) is 6.92 Å². The standard InChI is InChI=1S/C11H15F3N2O2/c1-3-7-5-6-8(16-7)10(15,11(12,13)14)9(17)18-4-2/h5-6,16H,3-4,15H2,1-2H3/t10-/m0/s1. The highest BCUT2D eigenvalue weighted by Crippen LogP contribution is 2.37. The van der Waals surface area contributed by atoms with Gasteiger partial charge >= 0.3 is 12.1 Å². The average Bonchev–Trinajstić information content (AvgIpc) is 2.75. The molecule has 1 rings (SSSR count). The molecule has 1 aromatic rings. The van der Waals surface area contributed by atoms with Gasteiger partial charge in [0.25, 0.3) is 5.54 Å². The van der Waals surface area contributed by atoms with Gasteiger partial charge in [-0.3, -0.25) is 0 Å². The number of nitrogens with one attached hydrogen (secondary N) is 1. The van der Waals surface area contributed by atoms with Crippen molar-refractivity contribution >= 4 is 5.97 Å². The van der Waals surface area contributed by atoms with E-state index in [0.717, 1.165) is 6.07 Å². The monoisotopic (exact) mass is 264 g/mol. The summed E-state index contributed by atoms with van der Waals surface area (Å²) in [6.07, 6.45) is -4.42. The summed E-state index contributed by atoms with van der Waals surface area (Å²) in [4.78, 5) is 14.0. The summed E-state index contributed by atoms with van der Waals surface area (Å²) < 4.78 is 43.5. The van der Waals surface area contributed by atoms with E-state index in [9.17, 15) is 18.0 Å². The van der Waals surface area contributed by atoms with Gasteiger partial charge in [0.15, 0.2) is 0 Å². The van der Waals surface area contributed by atoms with Crippen LogP contribution in [0.1, 0.15) is 25.2 Å². The molecule has 102 valence electrons. The van der Waals surface area contributed by atoms with Gasteiger partial charge < -0.3 is 15.5 Å². The highest BCUT2D eigenvalue weighted by Gasteiger charge is 2.61. The number of H-pyrrole nitrogens is 1. The zero-order chi connectivity index (χ0) is 14.0. The number of aromatic amines is 1. The normalized spacial score (nSPS) is 15.2. The van der Waals surface area contributed by atoms with Crippen LogP contribution in [-0.2, 0) is 21.5 Å². The number of hydrogen-bond donors (Lipinski definition) is 2. The molecule has 0 saturated carbocycles. The van der Waals surface area contributed by atoms with Crippen molar-refractivity contribution in [1.29, 1.82) is 0 Å². The third-order valence-electron chi connectivity index (χ3n) is 2.60. The van der Waals surface area contributed by atoms with E-state index in [2.05, 4.69) is 9.72 Å². The largest absolute Gasteiger partial charge is 0.464 e. The molecular formula is C11H15F3N2O2. The number of aryl methyl sites for hydroxylation is 1. The second-order valence-corrected chi connectivity index (χ2v) is 3.78. The van der Waals surface area contributed by atoms with Gasteiger partial charge in [0.1, 0.15) is 0 Å². The summed E-state index contributed by atoms with van der Waals surface area (Å²) in [5, 5.41) is 0. The molecule has 1 aromatic heterocycles. The molecule has 0 amide bonds. The molecule has 0 aliphatic rings. The highest BCUT2D eigenvalue weighted by atomic mass is 19.4.